The molecule has 1 unspecified atom stereocenters. The lowest BCUT2D eigenvalue weighted by Gasteiger charge is -2.55. The van der Waals surface area contributed by atoms with Crippen molar-refractivity contribution in [2.24, 2.45) is 0 Å². The zero-order valence-electron chi connectivity index (χ0n) is 23.5. The molecule has 2 atom stereocenters. The number of carbonyl (C=O) groups excluding carboxylic acids is 3. The molecule has 2 saturated heterocycles. The highest BCUT2D eigenvalue weighted by molar-refractivity contribution is 7.16. The lowest BCUT2D eigenvalue weighted by molar-refractivity contribution is -0.189. The minimum atomic E-state index is -0.835. The maximum atomic E-state index is 14.1. The van der Waals surface area contributed by atoms with E-state index in [1.165, 1.54) is 11.3 Å². The fourth-order valence-corrected chi connectivity index (χ4v) is 6.51. The molecule has 10 nitrogen and oxygen atoms in total. The number of benzene rings is 3. The monoisotopic (exact) mass is 596 g/mol. The molecule has 3 heterocycles. The summed E-state index contributed by atoms with van der Waals surface area (Å²) in [5.74, 6) is -0.308. The molecule has 4 aromatic rings. The number of aromatic nitrogens is 1. The van der Waals surface area contributed by atoms with Crippen molar-refractivity contribution in [3.8, 4) is 5.75 Å². The van der Waals surface area contributed by atoms with Gasteiger partial charge in [0.05, 0.1) is 28.8 Å². The predicted molar refractivity (Wildman–Crippen MR) is 164 cm³/mol. The van der Waals surface area contributed by atoms with Crippen molar-refractivity contribution in [3.63, 3.8) is 0 Å². The molecule has 2 aliphatic heterocycles. The molecule has 0 radical (unpaired) electrons. The average molecular weight is 597 g/mol. The second-order valence-electron chi connectivity index (χ2n) is 10.7. The molecular formula is C32H32N6O4S. The van der Waals surface area contributed by atoms with E-state index in [1.807, 2.05) is 48.5 Å². The largest absolute Gasteiger partial charge is 0.508 e. The quantitative estimate of drug-likeness (QED) is 0.300. The molecule has 0 aliphatic carbocycles. The van der Waals surface area contributed by atoms with Crippen LogP contribution >= 0.6 is 11.3 Å². The van der Waals surface area contributed by atoms with Crippen LogP contribution in [0.3, 0.4) is 0 Å². The average Bonchev–Trinajstić information content (AvgIpc) is 3.48. The molecule has 11 heteroatoms. The zero-order valence-corrected chi connectivity index (χ0v) is 24.3. The van der Waals surface area contributed by atoms with Gasteiger partial charge in [-0.3, -0.25) is 9.59 Å². The minimum Gasteiger partial charge on any atom is -0.508 e. The lowest BCUT2D eigenvalue weighted by Crippen LogP contribution is -2.76. The number of hydrazine groups is 1. The van der Waals surface area contributed by atoms with Gasteiger partial charge in [0.2, 0.25) is 11.8 Å². The van der Waals surface area contributed by atoms with Crippen molar-refractivity contribution in [2.75, 3.05) is 19.6 Å². The molecule has 0 bridgehead atoms. The van der Waals surface area contributed by atoms with E-state index in [0.29, 0.717) is 13.1 Å². The van der Waals surface area contributed by atoms with Crippen molar-refractivity contribution < 1.29 is 19.5 Å². The number of thiazole rings is 1. The third-order valence-corrected chi connectivity index (χ3v) is 8.59. The summed E-state index contributed by atoms with van der Waals surface area (Å²) in [6.45, 7) is 4.83. The topological polar surface area (TPSA) is 109 Å². The smallest absolute Gasteiger partial charge is 0.334 e. The number of phenolic OH excluding ortho intramolecular Hbond substituents is 1. The van der Waals surface area contributed by atoms with E-state index in [0.717, 1.165) is 26.9 Å². The first-order valence-electron chi connectivity index (χ1n) is 14.1. The maximum Gasteiger partial charge on any atom is 0.334 e. The van der Waals surface area contributed by atoms with Crippen LogP contribution in [0, 0.1) is 0 Å². The molecule has 1 aromatic heterocycles. The van der Waals surface area contributed by atoms with Crippen molar-refractivity contribution in [1.29, 1.82) is 0 Å². The SMILES string of the molecule is C=CCN1CC(=O)N2C(CN(Cc3ccc4ncsc4c3)C(=O)[C@@H]2Cc2ccc(O)cc2)N1C(=O)NCc1ccccc1. The Morgan fingerprint density at radius 1 is 1.05 bits per heavy atom. The van der Waals surface area contributed by atoms with Gasteiger partial charge in [-0.2, -0.15) is 0 Å². The molecule has 3 aromatic carbocycles. The first-order valence-corrected chi connectivity index (χ1v) is 15.0. The van der Waals surface area contributed by atoms with E-state index >= 15 is 0 Å². The Morgan fingerprint density at radius 3 is 2.58 bits per heavy atom. The van der Waals surface area contributed by atoms with Gasteiger partial charge in [0.1, 0.15) is 18.0 Å². The van der Waals surface area contributed by atoms with Crippen LogP contribution in [-0.4, -0.2) is 79.6 Å². The summed E-state index contributed by atoms with van der Waals surface area (Å²) in [5.41, 5.74) is 5.37. The normalized spacial score (nSPS) is 19.0. The number of nitrogens with zero attached hydrogens (tertiary/aromatic N) is 5. The van der Waals surface area contributed by atoms with Crippen LogP contribution in [0.25, 0.3) is 10.2 Å². The minimum absolute atomic E-state index is 0.0668. The number of aromatic hydroxyl groups is 1. The first kappa shape index (κ1) is 28.4. The van der Waals surface area contributed by atoms with E-state index < -0.39 is 12.2 Å². The van der Waals surface area contributed by atoms with Crippen LogP contribution in [0.15, 0.2) is 91.0 Å². The van der Waals surface area contributed by atoms with Crippen molar-refractivity contribution >= 4 is 39.4 Å². The molecule has 6 rings (SSSR count). The number of piperazine rings is 1. The Bertz CT molecular complexity index is 1640. The van der Waals surface area contributed by atoms with Gasteiger partial charge in [-0.1, -0.05) is 54.6 Å². The molecule has 43 heavy (non-hydrogen) atoms. The fourth-order valence-electron chi connectivity index (χ4n) is 5.77. The Balaban J connectivity index is 1.34. The number of nitrogens with one attached hydrogen (secondary N) is 1. The van der Waals surface area contributed by atoms with Crippen molar-refractivity contribution in [1.82, 2.24) is 30.1 Å². The molecular weight excluding hydrogens is 564 g/mol. The predicted octanol–water partition coefficient (Wildman–Crippen LogP) is 3.74. The summed E-state index contributed by atoms with van der Waals surface area (Å²) in [4.78, 5) is 49.4. The van der Waals surface area contributed by atoms with Gasteiger partial charge >= 0.3 is 6.03 Å². The molecule has 0 spiro atoms. The summed E-state index contributed by atoms with van der Waals surface area (Å²) in [6, 6.07) is 21.0. The number of hydrogen-bond acceptors (Lipinski definition) is 7. The van der Waals surface area contributed by atoms with Gasteiger partial charge in [0.25, 0.3) is 0 Å². The van der Waals surface area contributed by atoms with E-state index in [9.17, 15) is 19.5 Å². The van der Waals surface area contributed by atoms with E-state index in [-0.39, 0.29) is 49.7 Å². The number of fused-ring (bicyclic) bond motifs is 2. The maximum absolute atomic E-state index is 14.1. The number of hydrogen-bond donors (Lipinski definition) is 2. The summed E-state index contributed by atoms with van der Waals surface area (Å²) < 4.78 is 1.02. The summed E-state index contributed by atoms with van der Waals surface area (Å²) in [7, 11) is 0. The highest BCUT2D eigenvalue weighted by Gasteiger charge is 2.51. The summed E-state index contributed by atoms with van der Waals surface area (Å²) in [6.07, 6.45) is 1.17. The standard InChI is InChI=1S/C32H32N6O4S/c1-2-14-36-20-30(40)37-27(15-22-8-11-25(39)12-9-22)31(41)35(18-24-10-13-26-28(16-24)43-21-34-26)19-29(37)38(36)32(42)33-17-23-6-4-3-5-7-23/h2-13,16,21,27,29,39H,1,14-15,17-20H2,(H,33,42)/t27-,29?/m0/s1. The number of rotatable bonds is 8. The van der Waals surface area contributed by atoms with Gasteiger partial charge in [-0.15, -0.1) is 17.9 Å². The van der Waals surface area contributed by atoms with Crippen molar-refractivity contribution in [2.45, 2.75) is 31.7 Å². The molecule has 4 amide bonds. The van der Waals surface area contributed by atoms with Gasteiger partial charge in [0.15, 0.2) is 0 Å². The van der Waals surface area contributed by atoms with Crippen LogP contribution in [0.4, 0.5) is 4.79 Å². The Kier molecular flexibility index (Phi) is 8.08. The van der Waals surface area contributed by atoms with Gasteiger partial charge in [-0.25, -0.2) is 19.8 Å². The van der Waals surface area contributed by atoms with Gasteiger partial charge in [0, 0.05) is 26.1 Å². The third-order valence-electron chi connectivity index (χ3n) is 7.80. The third kappa shape index (κ3) is 5.95. The second kappa shape index (κ2) is 12.2. The second-order valence-corrected chi connectivity index (χ2v) is 11.6. The summed E-state index contributed by atoms with van der Waals surface area (Å²) >= 11 is 1.53. The highest BCUT2D eigenvalue weighted by Crippen LogP contribution is 2.30. The highest BCUT2D eigenvalue weighted by atomic mass is 32.1. The van der Waals surface area contributed by atoms with Crippen LogP contribution in [0.1, 0.15) is 16.7 Å². The summed E-state index contributed by atoms with van der Waals surface area (Å²) in [5, 5.41) is 16.1. The molecule has 2 N–H and O–H groups in total. The Labute approximate surface area is 253 Å². The fraction of sp³-hybridized carbons (Fsp3) is 0.250. The van der Waals surface area contributed by atoms with E-state index in [4.69, 9.17) is 0 Å². The van der Waals surface area contributed by atoms with Crippen LogP contribution in [0.5, 0.6) is 5.75 Å². The zero-order chi connectivity index (χ0) is 29.9. The molecule has 220 valence electrons. The lowest BCUT2D eigenvalue weighted by atomic mass is 9.98. The number of urea groups is 1. The number of phenols is 1. The Hall–Kier alpha value is -4.74. The molecule has 2 fully saturated rings. The van der Waals surface area contributed by atoms with Crippen molar-refractivity contribution in [3.05, 3.63) is 108 Å². The number of amides is 4. The van der Waals surface area contributed by atoms with Crippen LogP contribution < -0.4 is 5.32 Å². The van der Waals surface area contributed by atoms with Gasteiger partial charge in [-0.05, 0) is 41.0 Å². The van der Waals surface area contributed by atoms with E-state index in [1.54, 1.807) is 55.7 Å². The van der Waals surface area contributed by atoms with Crippen LogP contribution in [0.2, 0.25) is 0 Å². The number of carbonyl (C=O) groups is 3. The molecule has 2 aliphatic rings. The van der Waals surface area contributed by atoms with Gasteiger partial charge < -0.3 is 20.2 Å². The molecule has 0 saturated carbocycles. The van der Waals surface area contributed by atoms with E-state index in [2.05, 4.69) is 16.9 Å². The first-order chi connectivity index (χ1) is 20.9. The van der Waals surface area contributed by atoms with Crippen LogP contribution in [-0.2, 0) is 29.1 Å². The Morgan fingerprint density at radius 2 is 1.81 bits per heavy atom.